The maximum Gasteiger partial charge on any atom is 0.230 e. The van der Waals surface area contributed by atoms with Gasteiger partial charge in [-0.25, -0.2) is 8.42 Å². The van der Waals surface area contributed by atoms with E-state index < -0.39 is 9.84 Å². The number of hydrogen-bond donors (Lipinski definition) is 0. The van der Waals surface area contributed by atoms with Gasteiger partial charge in [-0.1, -0.05) is 37.3 Å². The Balaban J connectivity index is 1.65. The lowest BCUT2D eigenvalue weighted by atomic mass is 10.2. The fourth-order valence-electron chi connectivity index (χ4n) is 3.11. The van der Waals surface area contributed by atoms with Crippen LogP contribution < -0.4 is 0 Å². The van der Waals surface area contributed by atoms with Gasteiger partial charge < -0.3 is 4.42 Å². The van der Waals surface area contributed by atoms with Crippen molar-refractivity contribution >= 4 is 9.84 Å². The molecule has 1 aromatic heterocycles. The highest BCUT2D eigenvalue weighted by molar-refractivity contribution is 7.91. The van der Waals surface area contributed by atoms with Gasteiger partial charge in [0, 0.05) is 6.04 Å². The van der Waals surface area contributed by atoms with Crippen molar-refractivity contribution in [3.63, 3.8) is 0 Å². The summed E-state index contributed by atoms with van der Waals surface area (Å²) in [6.07, 6.45) is 2.26. The van der Waals surface area contributed by atoms with Crippen LogP contribution in [0.3, 0.4) is 0 Å². The van der Waals surface area contributed by atoms with Gasteiger partial charge in [-0.3, -0.25) is 4.90 Å². The second-order valence-corrected chi connectivity index (χ2v) is 8.51. The molecule has 1 aliphatic rings. The minimum atomic E-state index is -2.89. The van der Waals surface area contributed by atoms with E-state index in [0.29, 0.717) is 31.2 Å². The van der Waals surface area contributed by atoms with Crippen molar-refractivity contribution in [2.75, 3.05) is 18.1 Å². The average Bonchev–Trinajstić information content (AvgIpc) is 3.14. The van der Waals surface area contributed by atoms with Gasteiger partial charge >= 0.3 is 0 Å². The Hall–Kier alpha value is -1.73. The van der Waals surface area contributed by atoms with Crippen molar-refractivity contribution < 1.29 is 12.8 Å². The van der Waals surface area contributed by atoms with Gasteiger partial charge in [0.25, 0.3) is 0 Å². The lowest BCUT2D eigenvalue weighted by Crippen LogP contribution is -2.36. The summed E-state index contributed by atoms with van der Waals surface area (Å²) in [5.41, 5.74) is 1.13. The zero-order chi connectivity index (χ0) is 17.0. The SMILES string of the molecule is CCCN(Cc1nnc(Cc2ccccc2)o1)[C@@H]1CCS(=O)(=O)C1. The van der Waals surface area contributed by atoms with Crippen LogP contribution in [0.4, 0.5) is 0 Å². The zero-order valence-electron chi connectivity index (χ0n) is 13.9. The van der Waals surface area contributed by atoms with Crippen LogP contribution in [0.5, 0.6) is 0 Å². The van der Waals surface area contributed by atoms with Crippen LogP contribution >= 0.6 is 0 Å². The predicted molar refractivity (Wildman–Crippen MR) is 91.3 cm³/mol. The van der Waals surface area contributed by atoms with Crippen molar-refractivity contribution in [1.82, 2.24) is 15.1 Å². The largest absolute Gasteiger partial charge is 0.424 e. The molecule has 130 valence electrons. The lowest BCUT2D eigenvalue weighted by molar-refractivity contribution is 0.184. The topological polar surface area (TPSA) is 76.3 Å². The highest BCUT2D eigenvalue weighted by Crippen LogP contribution is 2.20. The summed E-state index contributed by atoms with van der Waals surface area (Å²) in [5.74, 6) is 1.66. The normalized spacial score (nSPS) is 19.8. The van der Waals surface area contributed by atoms with Crippen LogP contribution in [0.1, 0.15) is 37.1 Å². The summed E-state index contributed by atoms with van der Waals surface area (Å²) < 4.78 is 29.2. The molecule has 0 unspecified atom stereocenters. The first-order valence-electron chi connectivity index (χ1n) is 8.35. The van der Waals surface area contributed by atoms with Crippen molar-refractivity contribution in [1.29, 1.82) is 0 Å². The van der Waals surface area contributed by atoms with E-state index in [1.165, 1.54) is 0 Å². The van der Waals surface area contributed by atoms with Gasteiger partial charge in [0.2, 0.25) is 11.8 Å². The van der Waals surface area contributed by atoms with E-state index in [-0.39, 0.29) is 17.5 Å². The molecule has 0 saturated carbocycles. The minimum absolute atomic E-state index is 0.0550. The van der Waals surface area contributed by atoms with Gasteiger partial charge in [0.15, 0.2) is 9.84 Å². The lowest BCUT2D eigenvalue weighted by Gasteiger charge is -2.25. The van der Waals surface area contributed by atoms with E-state index in [1.54, 1.807) is 0 Å². The van der Waals surface area contributed by atoms with Gasteiger partial charge in [-0.05, 0) is 24.9 Å². The predicted octanol–water partition coefficient (Wildman–Crippen LogP) is 2.06. The molecule has 7 heteroatoms. The van der Waals surface area contributed by atoms with Gasteiger partial charge in [-0.2, -0.15) is 0 Å². The molecule has 0 spiro atoms. The number of nitrogens with zero attached hydrogens (tertiary/aromatic N) is 3. The highest BCUT2D eigenvalue weighted by atomic mass is 32.2. The molecule has 24 heavy (non-hydrogen) atoms. The molecule has 1 aliphatic heterocycles. The summed E-state index contributed by atoms with van der Waals surface area (Å²) in [4.78, 5) is 2.16. The Morgan fingerprint density at radius 2 is 1.96 bits per heavy atom. The first kappa shape index (κ1) is 17.1. The molecule has 0 amide bonds. The zero-order valence-corrected chi connectivity index (χ0v) is 14.7. The Labute approximate surface area is 142 Å². The number of rotatable bonds is 7. The molecule has 6 nitrogen and oxygen atoms in total. The van der Waals surface area contributed by atoms with Crippen molar-refractivity contribution in [2.45, 2.75) is 38.8 Å². The number of sulfone groups is 1. The number of benzene rings is 1. The molecular weight excluding hydrogens is 326 g/mol. The molecule has 0 N–H and O–H groups in total. The van der Waals surface area contributed by atoms with Gasteiger partial charge in [0.05, 0.1) is 24.5 Å². The maximum absolute atomic E-state index is 11.7. The number of aromatic nitrogens is 2. The molecule has 1 saturated heterocycles. The van der Waals surface area contributed by atoms with Crippen LogP contribution in [-0.4, -0.2) is 47.6 Å². The van der Waals surface area contributed by atoms with Crippen LogP contribution in [-0.2, 0) is 22.8 Å². The first-order valence-corrected chi connectivity index (χ1v) is 10.2. The summed E-state index contributed by atoms with van der Waals surface area (Å²) >= 11 is 0. The quantitative estimate of drug-likeness (QED) is 0.761. The van der Waals surface area contributed by atoms with Crippen molar-refractivity contribution in [3.05, 3.63) is 47.7 Å². The molecule has 1 fully saturated rings. The Bertz CT molecular complexity index is 758. The third kappa shape index (κ3) is 4.42. The van der Waals surface area contributed by atoms with E-state index in [4.69, 9.17) is 4.42 Å². The van der Waals surface area contributed by atoms with E-state index in [0.717, 1.165) is 18.5 Å². The van der Waals surface area contributed by atoms with E-state index >= 15 is 0 Å². The second-order valence-electron chi connectivity index (χ2n) is 6.28. The van der Waals surface area contributed by atoms with Crippen molar-refractivity contribution in [3.8, 4) is 0 Å². The highest BCUT2D eigenvalue weighted by Gasteiger charge is 2.32. The van der Waals surface area contributed by atoms with E-state index in [9.17, 15) is 8.42 Å². The maximum atomic E-state index is 11.7. The second kappa shape index (κ2) is 7.44. The van der Waals surface area contributed by atoms with E-state index in [1.807, 2.05) is 30.3 Å². The smallest absolute Gasteiger partial charge is 0.230 e. The molecule has 1 aromatic carbocycles. The standard InChI is InChI=1S/C17H23N3O3S/c1-2-9-20(15-8-10-24(21,22)13-15)12-17-19-18-16(23-17)11-14-6-4-3-5-7-14/h3-7,15H,2,8-13H2,1H3/t15-/m1/s1. The molecular formula is C17H23N3O3S. The summed E-state index contributed by atoms with van der Waals surface area (Å²) in [5, 5.41) is 8.25. The van der Waals surface area contributed by atoms with Crippen molar-refractivity contribution in [2.24, 2.45) is 0 Å². The Morgan fingerprint density at radius 3 is 2.62 bits per heavy atom. The van der Waals surface area contributed by atoms with Crippen LogP contribution in [0.25, 0.3) is 0 Å². The van der Waals surface area contributed by atoms with Gasteiger partial charge in [0.1, 0.15) is 0 Å². The Morgan fingerprint density at radius 1 is 1.21 bits per heavy atom. The fourth-order valence-corrected chi connectivity index (χ4v) is 4.87. The molecule has 0 bridgehead atoms. The van der Waals surface area contributed by atoms with E-state index in [2.05, 4.69) is 22.0 Å². The molecule has 3 rings (SSSR count). The average molecular weight is 349 g/mol. The molecule has 0 radical (unpaired) electrons. The monoisotopic (exact) mass is 349 g/mol. The van der Waals surface area contributed by atoms with Crippen LogP contribution in [0, 0.1) is 0 Å². The summed E-state index contributed by atoms with van der Waals surface area (Å²) in [7, 11) is -2.89. The fraction of sp³-hybridized carbons (Fsp3) is 0.529. The summed E-state index contributed by atoms with van der Waals surface area (Å²) in [6, 6.07) is 10.0. The first-order chi connectivity index (χ1) is 11.6. The Kier molecular flexibility index (Phi) is 5.30. The molecule has 0 aliphatic carbocycles. The summed E-state index contributed by atoms with van der Waals surface area (Å²) in [6.45, 7) is 3.43. The number of hydrogen-bond acceptors (Lipinski definition) is 6. The third-order valence-electron chi connectivity index (χ3n) is 4.28. The minimum Gasteiger partial charge on any atom is -0.424 e. The third-order valence-corrected chi connectivity index (χ3v) is 6.03. The molecule has 1 atom stereocenters. The molecule has 2 heterocycles. The van der Waals surface area contributed by atoms with Gasteiger partial charge in [-0.15, -0.1) is 10.2 Å². The molecule has 2 aromatic rings. The van der Waals surface area contributed by atoms with Crippen LogP contribution in [0.15, 0.2) is 34.7 Å². The van der Waals surface area contributed by atoms with Crippen LogP contribution in [0.2, 0.25) is 0 Å².